The van der Waals surface area contributed by atoms with Gasteiger partial charge in [0.25, 0.3) is 0 Å². The molecule has 0 saturated heterocycles. The number of hydroxylamine groups is 1. The van der Waals surface area contributed by atoms with Gasteiger partial charge in [-0.3, -0.25) is 14.4 Å². The molecule has 0 aliphatic rings. The second-order valence-corrected chi connectivity index (χ2v) is 4.52. The van der Waals surface area contributed by atoms with E-state index in [1.54, 1.807) is 0 Å². The Hall–Kier alpha value is -1.68. The number of nitrogens with one attached hydrogen (secondary N) is 1. The van der Waals surface area contributed by atoms with E-state index in [2.05, 4.69) is 10.3 Å². The fourth-order valence-corrected chi connectivity index (χ4v) is 1.52. The van der Waals surface area contributed by atoms with Gasteiger partial charge in [-0.25, -0.2) is 5.48 Å². The summed E-state index contributed by atoms with van der Waals surface area (Å²) in [6, 6.07) is 7.49. The van der Waals surface area contributed by atoms with Crippen LogP contribution in [-0.4, -0.2) is 18.8 Å². The Morgan fingerprint density at radius 2 is 1.61 bits per heavy atom. The van der Waals surface area contributed by atoms with Crippen molar-refractivity contribution in [3.05, 3.63) is 35.4 Å². The van der Waals surface area contributed by atoms with Crippen LogP contribution < -0.4 is 5.48 Å². The number of ketones is 1. The third kappa shape index (κ3) is 4.67. The topological polar surface area (TPSA) is 55.4 Å². The first-order valence-corrected chi connectivity index (χ1v) is 5.95. The maximum atomic E-state index is 11.6. The molecular weight excluding hydrogens is 230 g/mol. The van der Waals surface area contributed by atoms with Crippen LogP contribution in [0.4, 0.5) is 0 Å². The van der Waals surface area contributed by atoms with Crippen LogP contribution in [0.1, 0.15) is 25.0 Å². The summed E-state index contributed by atoms with van der Waals surface area (Å²) >= 11 is 0. The Kier molecular flexibility index (Phi) is 5.52. The molecule has 1 aromatic rings. The Morgan fingerprint density at radius 3 is 2.06 bits per heavy atom. The first-order valence-electron chi connectivity index (χ1n) is 5.95. The number of hydrogen-bond donors (Lipinski definition) is 1. The van der Waals surface area contributed by atoms with Gasteiger partial charge in [0, 0.05) is 12.3 Å². The summed E-state index contributed by atoms with van der Waals surface area (Å²) < 4.78 is 0. The molecule has 0 unspecified atom stereocenters. The van der Waals surface area contributed by atoms with Crippen LogP contribution in [0.25, 0.3) is 0 Å². The Labute approximate surface area is 107 Å². The van der Waals surface area contributed by atoms with E-state index in [0.717, 1.165) is 11.1 Å². The van der Waals surface area contributed by atoms with Gasteiger partial charge in [0.2, 0.25) is 5.91 Å². The highest BCUT2D eigenvalue weighted by Gasteiger charge is 2.08. The SMILES string of the molecule is CONC(=O)Cc1ccc(CC(=O)C(C)C)cc1. The summed E-state index contributed by atoms with van der Waals surface area (Å²) in [6.45, 7) is 3.79. The Bertz CT molecular complexity index is 410. The normalized spacial score (nSPS) is 10.4. The lowest BCUT2D eigenvalue weighted by molar-refractivity contribution is -0.130. The zero-order valence-electron chi connectivity index (χ0n) is 11.0. The van der Waals surface area contributed by atoms with Gasteiger partial charge in [-0.1, -0.05) is 38.1 Å². The van der Waals surface area contributed by atoms with E-state index in [-0.39, 0.29) is 24.0 Å². The fraction of sp³-hybridized carbons (Fsp3) is 0.429. The van der Waals surface area contributed by atoms with E-state index >= 15 is 0 Å². The maximum Gasteiger partial charge on any atom is 0.247 e. The highest BCUT2D eigenvalue weighted by Crippen LogP contribution is 2.09. The summed E-state index contributed by atoms with van der Waals surface area (Å²) in [5.74, 6) is 0.0838. The Morgan fingerprint density at radius 1 is 1.11 bits per heavy atom. The molecule has 1 rings (SSSR count). The molecular formula is C14H19NO3. The van der Waals surface area contributed by atoms with Gasteiger partial charge in [0.1, 0.15) is 5.78 Å². The summed E-state index contributed by atoms with van der Waals surface area (Å²) in [7, 11) is 1.40. The standard InChI is InChI=1S/C14H19NO3/c1-10(2)13(16)8-11-4-6-12(7-5-11)9-14(17)15-18-3/h4-7,10H,8-9H2,1-3H3,(H,15,17). The first-order chi connectivity index (χ1) is 8.52. The molecule has 1 amide bonds. The molecule has 0 bridgehead atoms. The second-order valence-electron chi connectivity index (χ2n) is 4.52. The van der Waals surface area contributed by atoms with Crippen molar-refractivity contribution in [2.45, 2.75) is 26.7 Å². The van der Waals surface area contributed by atoms with Crippen LogP contribution in [0, 0.1) is 5.92 Å². The third-order valence-corrected chi connectivity index (χ3v) is 2.63. The van der Waals surface area contributed by atoms with Crippen LogP contribution >= 0.6 is 0 Å². The molecule has 1 aromatic carbocycles. The number of amides is 1. The van der Waals surface area contributed by atoms with Crippen molar-refractivity contribution < 1.29 is 14.4 Å². The largest absolute Gasteiger partial charge is 0.299 e. The van der Waals surface area contributed by atoms with Crippen molar-refractivity contribution in [2.24, 2.45) is 5.92 Å². The molecule has 0 saturated carbocycles. The molecule has 4 heteroatoms. The second kappa shape index (κ2) is 6.91. The lowest BCUT2D eigenvalue weighted by Gasteiger charge is -2.06. The summed E-state index contributed by atoms with van der Waals surface area (Å²) in [5.41, 5.74) is 4.13. The Balaban J connectivity index is 2.57. The molecule has 0 fully saturated rings. The first kappa shape index (κ1) is 14.4. The predicted octanol–water partition coefficient (Wildman–Crippen LogP) is 1.67. The van der Waals surface area contributed by atoms with Gasteiger partial charge in [-0.2, -0.15) is 0 Å². The molecule has 0 radical (unpaired) electrons. The summed E-state index contributed by atoms with van der Waals surface area (Å²) in [5, 5.41) is 0. The highest BCUT2D eigenvalue weighted by molar-refractivity contribution is 5.82. The van der Waals surface area contributed by atoms with Crippen LogP contribution in [-0.2, 0) is 27.3 Å². The molecule has 0 aliphatic carbocycles. The van der Waals surface area contributed by atoms with Gasteiger partial charge in [0.05, 0.1) is 13.5 Å². The molecule has 0 aliphatic heterocycles. The number of carbonyl (C=O) groups excluding carboxylic acids is 2. The fourth-order valence-electron chi connectivity index (χ4n) is 1.52. The van der Waals surface area contributed by atoms with Gasteiger partial charge >= 0.3 is 0 Å². The van der Waals surface area contributed by atoms with E-state index in [4.69, 9.17) is 0 Å². The van der Waals surface area contributed by atoms with E-state index < -0.39 is 0 Å². The van der Waals surface area contributed by atoms with E-state index in [9.17, 15) is 9.59 Å². The smallest absolute Gasteiger partial charge is 0.247 e. The van der Waals surface area contributed by atoms with Crippen molar-refractivity contribution >= 4 is 11.7 Å². The zero-order valence-corrected chi connectivity index (χ0v) is 11.0. The number of benzene rings is 1. The number of rotatable bonds is 6. The van der Waals surface area contributed by atoms with Crippen LogP contribution in [0.2, 0.25) is 0 Å². The van der Waals surface area contributed by atoms with Gasteiger partial charge in [0.15, 0.2) is 0 Å². The highest BCUT2D eigenvalue weighted by atomic mass is 16.6. The monoisotopic (exact) mass is 249 g/mol. The number of Topliss-reactive ketones (excluding diaryl/α,β-unsaturated/α-hetero) is 1. The minimum Gasteiger partial charge on any atom is -0.299 e. The average molecular weight is 249 g/mol. The van der Waals surface area contributed by atoms with Gasteiger partial charge in [-0.15, -0.1) is 0 Å². The molecule has 0 aromatic heterocycles. The van der Waals surface area contributed by atoms with Crippen molar-refractivity contribution in [1.82, 2.24) is 5.48 Å². The minimum absolute atomic E-state index is 0.0529. The number of carbonyl (C=O) groups is 2. The van der Waals surface area contributed by atoms with E-state index in [0.29, 0.717) is 6.42 Å². The zero-order chi connectivity index (χ0) is 13.5. The van der Waals surface area contributed by atoms with Gasteiger partial charge < -0.3 is 0 Å². The van der Waals surface area contributed by atoms with Crippen molar-refractivity contribution in [3.8, 4) is 0 Å². The van der Waals surface area contributed by atoms with Gasteiger partial charge in [-0.05, 0) is 11.1 Å². The molecule has 0 atom stereocenters. The molecule has 18 heavy (non-hydrogen) atoms. The quantitative estimate of drug-likeness (QED) is 0.780. The lowest BCUT2D eigenvalue weighted by Crippen LogP contribution is -2.23. The van der Waals surface area contributed by atoms with Crippen LogP contribution in [0.15, 0.2) is 24.3 Å². The summed E-state index contributed by atoms with van der Waals surface area (Å²) in [6.07, 6.45) is 0.717. The average Bonchev–Trinajstić information content (AvgIpc) is 2.31. The predicted molar refractivity (Wildman–Crippen MR) is 68.8 cm³/mol. The lowest BCUT2D eigenvalue weighted by atomic mass is 10.00. The van der Waals surface area contributed by atoms with Crippen LogP contribution in [0.3, 0.4) is 0 Å². The molecule has 0 spiro atoms. The van der Waals surface area contributed by atoms with Crippen molar-refractivity contribution in [1.29, 1.82) is 0 Å². The molecule has 98 valence electrons. The van der Waals surface area contributed by atoms with Crippen molar-refractivity contribution in [3.63, 3.8) is 0 Å². The van der Waals surface area contributed by atoms with Crippen LogP contribution in [0.5, 0.6) is 0 Å². The number of hydrogen-bond acceptors (Lipinski definition) is 3. The van der Waals surface area contributed by atoms with E-state index in [1.165, 1.54) is 7.11 Å². The minimum atomic E-state index is -0.191. The van der Waals surface area contributed by atoms with E-state index in [1.807, 2.05) is 38.1 Å². The third-order valence-electron chi connectivity index (χ3n) is 2.63. The summed E-state index contributed by atoms with van der Waals surface area (Å²) in [4.78, 5) is 27.4. The molecule has 0 heterocycles. The molecule has 4 nitrogen and oxygen atoms in total. The molecule has 1 N–H and O–H groups in total. The van der Waals surface area contributed by atoms with Crippen molar-refractivity contribution in [2.75, 3.05) is 7.11 Å². The maximum absolute atomic E-state index is 11.6.